The SMILES string of the molecule is CCNC(=NCc1cc(C(C)C)no1)NCCCc1nc(C(C)C)no1.I. The zero-order valence-electron chi connectivity index (χ0n) is 16.8. The van der Waals surface area contributed by atoms with Crippen molar-refractivity contribution < 1.29 is 9.05 Å². The number of hydrogen-bond donors (Lipinski definition) is 2. The van der Waals surface area contributed by atoms with Gasteiger partial charge in [0, 0.05) is 31.5 Å². The van der Waals surface area contributed by atoms with E-state index < -0.39 is 0 Å². The van der Waals surface area contributed by atoms with Crippen LogP contribution in [0, 0.1) is 0 Å². The lowest BCUT2D eigenvalue weighted by atomic mass is 10.1. The van der Waals surface area contributed by atoms with Gasteiger partial charge in [-0.3, -0.25) is 0 Å². The van der Waals surface area contributed by atoms with Crippen LogP contribution >= 0.6 is 24.0 Å². The van der Waals surface area contributed by atoms with Gasteiger partial charge in [-0.2, -0.15) is 4.98 Å². The molecule has 0 aliphatic carbocycles. The highest BCUT2D eigenvalue weighted by molar-refractivity contribution is 14.0. The lowest BCUT2D eigenvalue weighted by molar-refractivity contribution is 0.368. The minimum absolute atomic E-state index is 0. The van der Waals surface area contributed by atoms with Crippen LogP contribution in [-0.2, 0) is 13.0 Å². The van der Waals surface area contributed by atoms with Crippen molar-refractivity contribution in [1.82, 2.24) is 25.9 Å². The normalized spacial score (nSPS) is 11.7. The van der Waals surface area contributed by atoms with Crippen LogP contribution in [0.3, 0.4) is 0 Å². The van der Waals surface area contributed by atoms with Crippen molar-refractivity contribution in [3.63, 3.8) is 0 Å². The van der Waals surface area contributed by atoms with E-state index in [0.717, 1.165) is 49.2 Å². The number of aliphatic imine (C=N–C) groups is 1. The molecule has 0 atom stereocenters. The molecule has 2 rings (SSSR count). The summed E-state index contributed by atoms with van der Waals surface area (Å²) >= 11 is 0. The molecule has 152 valence electrons. The topological polar surface area (TPSA) is 101 Å². The number of hydrogen-bond acceptors (Lipinski definition) is 6. The van der Waals surface area contributed by atoms with E-state index in [1.54, 1.807) is 0 Å². The number of rotatable bonds is 9. The summed E-state index contributed by atoms with van der Waals surface area (Å²) in [6.07, 6.45) is 1.62. The summed E-state index contributed by atoms with van der Waals surface area (Å²) in [6.45, 7) is 12.3. The summed E-state index contributed by atoms with van der Waals surface area (Å²) in [7, 11) is 0. The maximum absolute atomic E-state index is 5.32. The molecule has 0 aliphatic rings. The summed E-state index contributed by atoms with van der Waals surface area (Å²) in [5, 5.41) is 14.6. The first-order valence-corrected chi connectivity index (χ1v) is 9.29. The molecular weight excluding hydrogens is 459 g/mol. The van der Waals surface area contributed by atoms with Crippen LogP contribution in [0.2, 0.25) is 0 Å². The molecule has 0 unspecified atom stereocenters. The van der Waals surface area contributed by atoms with Gasteiger partial charge >= 0.3 is 0 Å². The monoisotopic (exact) mass is 490 g/mol. The van der Waals surface area contributed by atoms with Gasteiger partial charge in [0.2, 0.25) is 5.89 Å². The van der Waals surface area contributed by atoms with Gasteiger partial charge in [0.05, 0.1) is 5.69 Å². The Bertz CT molecular complexity index is 696. The van der Waals surface area contributed by atoms with Crippen LogP contribution in [0.15, 0.2) is 20.1 Å². The van der Waals surface area contributed by atoms with Crippen molar-refractivity contribution in [2.75, 3.05) is 13.1 Å². The standard InChI is InChI=1S/C18H30N6O2.HI/c1-6-19-18(21-11-14-10-15(12(2)3)23-25-14)20-9-7-8-16-22-17(13(4)5)24-26-16;/h10,12-13H,6-9,11H2,1-5H3,(H2,19,20,21);1H. The van der Waals surface area contributed by atoms with Gasteiger partial charge in [0.1, 0.15) is 6.54 Å². The Balaban J connectivity index is 0.00000364. The maximum Gasteiger partial charge on any atom is 0.226 e. The third-order valence-corrected chi connectivity index (χ3v) is 3.77. The Morgan fingerprint density at radius 3 is 2.48 bits per heavy atom. The second-order valence-electron chi connectivity index (χ2n) is 6.80. The van der Waals surface area contributed by atoms with Gasteiger partial charge in [-0.25, -0.2) is 4.99 Å². The quantitative estimate of drug-likeness (QED) is 0.240. The largest absolute Gasteiger partial charge is 0.359 e. The Morgan fingerprint density at radius 1 is 1.11 bits per heavy atom. The number of guanidine groups is 1. The molecule has 2 heterocycles. The molecule has 27 heavy (non-hydrogen) atoms. The predicted molar refractivity (Wildman–Crippen MR) is 116 cm³/mol. The summed E-state index contributed by atoms with van der Waals surface area (Å²) in [4.78, 5) is 8.92. The van der Waals surface area contributed by atoms with Crippen LogP contribution < -0.4 is 10.6 Å². The second kappa shape index (κ2) is 11.9. The van der Waals surface area contributed by atoms with Crippen LogP contribution in [0.5, 0.6) is 0 Å². The molecule has 0 fully saturated rings. The highest BCUT2D eigenvalue weighted by Gasteiger charge is 2.10. The molecule has 0 spiro atoms. The van der Waals surface area contributed by atoms with E-state index in [9.17, 15) is 0 Å². The van der Waals surface area contributed by atoms with E-state index in [-0.39, 0.29) is 29.9 Å². The Morgan fingerprint density at radius 2 is 1.89 bits per heavy atom. The van der Waals surface area contributed by atoms with Gasteiger partial charge < -0.3 is 19.7 Å². The number of nitrogens with one attached hydrogen (secondary N) is 2. The first-order valence-electron chi connectivity index (χ1n) is 9.29. The van der Waals surface area contributed by atoms with Crippen molar-refractivity contribution in [3.05, 3.63) is 29.2 Å². The molecule has 0 aliphatic heterocycles. The van der Waals surface area contributed by atoms with Gasteiger partial charge in [-0.05, 0) is 19.3 Å². The second-order valence-corrected chi connectivity index (χ2v) is 6.80. The van der Waals surface area contributed by atoms with E-state index >= 15 is 0 Å². The van der Waals surface area contributed by atoms with Crippen LogP contribution in [0.1, 0.15) is 76.0 Å². The lowest BCUT2D eigenvalue weighted by Gasteiger charge is -2.10. The minimum atomic E-state index is 0. The average molecular weight is 490 g/mol. The first kappa shape index (κ1) is 23.4. The van der Waals surface area contributed by atoms with Crippen molar-refractivity contribution in [2.24, 2.45) is 4.99 Å². The van der Waals surface area contributed by atoms with E-state index in [0.29, 0.717) is 18.4 Å². The number of halogens is 1. The highest BCUT2D eigenvalue weighted by atomic mass is 127. The fourth-order valence-corrected chi connectivity index (χ4v) is 2.22. The molecule has 9 heteroatoms. The number of nitrogens with zero attached hydrogens (tertiary/aromatic N) is 4. The van der Waals surface area contributed by atoms with Gasteiger partial charge in [-0.15, -0.1) is 24.0 Å². The van der Waals surface area contributed by atoms with E-state index in [1.165, 1.54) is 0 Å². The third kappa shape index (κ3) is 7.86. The average Bonchev–Trinajstić information content (AvgIpc) is 3.25. The van der Waals surface area contributed by atoms with Crippen molar-refractivity contribution >= 4 is 29.9 Å². The lowest BCUT2D eigenvalue weighted by Crippen LogP contribution is -2.37. The molecule has 2 aromatic heterocycles. The molecule has 0 saturated carbocycles. The third-order valence-electron chi connectivity index (χ3n) is 3.77. The molecule has 2 N–H and O–H groups in total. The van der Waals surface area contributed by atoms with Crippen molar-refractivity contribution in [3.8, 4) is 0 Å². The van der Waals surface area contributed by atoms with Gasteiger partial charge in [-0.1, -0.05) is 38.0 Å². The Kier molecular flexibility index (Phi) is 10.3. The molecular formula is C18H31IN6O2. The summed E-state index contributed by atoms with van der Waals surface area (Å²) < 4.78 is 10.6. The summed E-state index contributed by atoms with van der Waals surface area (Å²) in [6, 6.07) is 1.96. The summed E-state index contributed by atoms with van der Waals surface area (Å²) in [5.41, 5.74) is 0.952. The fourth-order valence-electron chi connectivity index (χ4n) is 2.22. The van der Waals surface area contributed by atoms with Crippen LogP contribution in [0.25, 0.3) is 0 Å². The molecule has 0 amide bonds. The zero-order valence-corrected chi connectivity index (χ0v) is 19.1. The molecule has 2 aromatic rings. The van der Waals surface area contributed by atoms with Gasteiger partial charge in [0.25, 0.3) is 0 Å². The zero-order chi connectivity index (χ0) is 18.9. The van der Waals surface area contributed by atoms with Gasteiger partial charge in [0.15, 0.2) is 17.5 Å². The van der Waals surface area contributed by atoms with Crippen molar-refractivity contribution in [1.29, 1.82) is 0 Å². The molecule has 0 aromatic carbocycles. The fraction of sp³-hybridized carbons (Fsp3) is 0.667. The molecule has 0 bridgehead atoms. The maximum atomic E-state index is 5.32. The smallest absolute Gasteiger partial charge is 0.226 e. The molecule has 0 radical (unpaired) electrons. The highest BCUT2D eigenvalue weighted by Crippen LogP contribution is 2.14. The van der Waals surface area contributed by atoms with E-state index in [4.69, 9.17) is 9.05 Å². The number of aryl methyl sites for hydroxylation is 1. The first-order chi connectivity index (χ1) is 12.5. The number of aromatic nitrogens is 3. The minimum Gasteiger partial charge on any atom is -0.359 e. The Hall–Kier alpha value is -1.65. The van der Waals surface area contributed by atoms with E-state index in [1.807, 2.05) is 26.8 Å². The predicted octanol–water partition coefficient (Wildman–Crippen LogP) is 3.61. The van der Waals surface area contributed by atoms with Crippen LogP contribution in [-0.4, -0.2) is 34.3 Å². The van der Waals surface area contributed by atoms with Crippen LogP contribution in [0.4, 0.5) is 0 Å². The Labute approximate surface area is 178 Å². The van der Waals surface area contributed by atoms with Crippen molar-refractivity contribution in [2.45, 2.75) is 65.8 Å². The molecule has 0 saturated heterocycles. The van der Waals surface area contributed by atoms with E-state index in [2.05, 4.69) is 44.8 Å². The summed E-state index contributed by atoms with van der Waals surface area (Å²) in [5.74, 6) is 3.59. The molecule has 8 nitrogen and oxygen atoms in total.